The Balaban J connectivity index is 1.61. The van der Waals surface area contributed by atoms with E-state index in [4.69, 9.17) is 32.9 Å². The van der Waals surface area contributed by atoms with Gasteiger partial charge in [0, 0.05) is 22.8 Å². The minimum Gasteiger partial charge on any atom is -0.444 e. The van der Waals surface area contributed by atoms with Crippen molar-refractivity contribution in [3.63, 3.8) is 0 Å². The van der Waals surface area contributed by atoms with E-state index in [1.54, 1.807) is 6.07 Å². The van der Waals surface area contributed by atoms with Crippen LogP contribution in [0.3, 0.4) is 0 Å². The first-order valence-electron chi connectivity index (χ1n) is 14.0. The number of benzene rings is 1. The summed E-state index contributed by atoms with van der Waals surface area (Å²) in [7, 11) is 0. The van der Waals surface area contributed by atoms with Gasteiger partial charge in [0.25, 0.3) is 0 Å². The number of rotatable bonds is 7. The van der Waals surface area contributed by atoms with E-state index in [1.807, 2.05) is 39.2 Å². The van der Waals surface area contributed by atoms with Crippen molar-refractivity contribution in [3.05, 3.63) is 46.1 Å². The number of carbonyl (C=O) groups is 2. The van der Waals surface area contributed by atoms with Crippen molar-refractivity contribution in [3.8, 4) is 0 Å². The molecule has 1 aromatic carbocycles. The first-order chi connectivity index (χ1) is 18.3. The average molecular weight is 580 g/mol. The average Bonchev–Trinajstić information content (AvgIpc) is 2.84. The summed E-state index contributed by atoms with van der Waals surface area (Å²) in [6.07, 6.45) is 10.5. The third-order valence-corrected chi connectivity index (χ3v) is 8.36. The van der Waals surface area contributed by atoms with E-state index < -0.39 is 17.2 Å². The van der Waals surface area contributed by atoms with E-state index in [9.17, 15) is 9.59 Å². The normalized spacial score (nSPS) is 24.7. The van der Waals surface area contributed by atoms with Gasteiger partial charge in [-0.3, -0.25) is 9.79 Å². The van der Waals surface area contributed by atoms with Crippen LogP contribution in [0.4, 0.5) is 4.79 Å². The summed E-state index contributed by atoms with van der Waals surface area (Å²) in [5, 5.41) is 7.28. The van der Waals surface area contributed by atoms with E-state index in [0.717, 1.165) is 31.2 Å². The summed E-state index contributed by atoms with van der Waals surface area (Å²) in [5.74, 6) is 0.363. The Hall–Kier alpha value is -2.25. The SMILES string of the molecule is CC1/C=C/N([C@H](C)c2ccc(Cl)cc2Cl)C=NC(C)[C@@H]1CCNC(=O)C1(NC(=O)OC(C)(C)C)CCCCC1. The molecule has 9 heteroatoms. The van der Waals surface area contributed by atoms with Crippen molar-refractivity contribution >= 4 is 41.5 Å². The van der Waals surface area contributed by atoms with E-state index >= 15 is 0 Å². The van der Waals surface area contributed by atoms with Gasteiger partial charge >= 0.3 is 6.09 Å². The highest BCUT2D eigenvalue weighted by atomic mass is 35.5. The zero-order valence-corrected chi connectivity index (χ0v) is 25.6. The molecule has 0 radical (unpaired) electrons. The molecule has 1 saturated carbocycles. The van der Waals surface area contributed by atoms with Crippen LogP contribution in [-0.2, 0) is 9.53 Å². The van der Waals surface area contributed by atoms with Crippen molar-refractivity contribution in [2.24, 2.45) is 16.8 Å². The monoisotopic (exact) mass is 578 g/mol. The molecule has 1 heterocycles. The summed E-state index contributed by atoms with van der Waals surface area (Å²) < 4.78 is 5.46. The summed E-state index contributed by atoms with van der Waals surface area (Å²) in [5.41, 5.74) is -0.561. The number of halogens is 2. The molecule has 2 aliphatic rings. The largest absolute Gasteiger partial charge is 0.444 e. The Kier molecular flexibility index (Phi) is 10.8. The molecule has 2 N–H and O–H groups in total. The lowest BCUT2D eigenvalue weighted by Crippen LogP contribution is -2.60. The lowest BCUT2D eigenvalue weighted by Gasteiger charge is -2.37. The van der Waals surface area contributed by atoms with E-state index in [0.29, 0.717) is 29.4 Å². The lowest BCUT2D eigenvalue weighted by atomic mass is 9.80. The Morgan fingerprint density at radius 3 is 2.51 bits per heavy atom. The fourth-order valence-corrected chi connectivity index (χ4v) is 6.03. The molecule has 216 valence electrons. The molecule has 3 rings (SSSR count). The van der Waals surface area contributed by atoms with Crippen LogP contribution in [-0.4, -0.2) is 47.0 Å². The number of ether oxygens (including phenoxy) is 1. The number of aliphatic imine (C=N–C) groups is 1. The predicted octanol–water partition coefficient (Wildman–Crippen LogP) is 7.29. The van der Waals surface area contributed by atoms with Crippen molar-refractivity contribution in [2.75, 3.05) is 6.54 Å². The van der Waals surface area contributed by atoms with Gasteiger partial charge in [0.05, 0.1) is 18.4 Å². The molecular weight excluding hydrogens is 535 g/mol. The molecule has 2 unspecified atom stereocenters. The molecular formula is C30H44Cl2N4O3. The van der Waals surface area contributed by atoms with E-state index in [-0.39, 0.29) is 29.8 Å². The molecule has 4 atom stereocenters. The van der Waals surface area contributed by atoms with E-state index in [1.165, 1.54) is 0 Å². The van der Waals surface area contributed by atoms with Crippen LogP contribution in [0.1, 0.15) is 91.7 Å². The van der Waals surface area contributed by atoms with Gasteiger partial charge in [-0.1, -0.05) is 61.5 Å². The molecule has 1 fully saturated rings. The summed E-state index contributed by atoms with van der Waals surface area (Å²) in [6.45, 7) is 12.4. The number of hydrogen-bond donors (Lipinski definition) is 2. The highest BCUT2D eigenvalue weighted by Gasteiger charge is 2.42. The number of nitrogens with one attached hydrogen (secondary N) is 2. The molecule has 0 saturated heterocycles. The molecule has 2 amide bonds. The number of hydrogen-bond acceptors (Lipinski definition) is 5. The zero-order valence-electron chi connectivity index (χ0n) is 24.1. The first-order valence-corrected chi connectivity index (χ1v) is 14.8. The second-order valence-electron chi connectivity index (χ2n) is 12.0. The van der Waals surface area contributed by atoms with Gasteiger partial charge in [0.15, 0.2) is 0 Å². The fraction of sp³-hybridized carbons (Fsp3) is 0.633. The number of alkyl carbamates (subject to hydrolysis) is 1. The molecule has 0 bridgehead atoms. The maximum atomic E-state index is 13.4. The van der Waals surface area contributed by atoms with Gasteiger partial charge in [-0.25, -0.2) is 4.79 Å². The van der Waals surface area contributed by atoms with Gasteiger partial charge in [-0.05, 0) is 83.4 Å². The number of amides is 2. The van der Waals surface area contributed by atoms with Crippen molar-refractivity contribution in [2.45, 2.75) is 103 Å². The Labute approximate surface area is 243 Å². The Morgan fingerprint density at radius 1 is 1.18 bits per heavy atom. The van der Waals surface area contributed by atoms with Gasteiger partial charge in [0.1, 0.15) is 11.1 Å². The predicted molar refractivity (Wildman–Crippen MR) is 159 cm³/mol. The van der Waals surface area contributed by atoms with Gasteiger partial charge in [-0.2, -0.15) is 0 Å². The first kappa shape index (κ1) is 31.3. The Bertz CT molecular complexity index is 1040. The van der Waals surface area contributed by atoms with Crippen LogP contribution in [0.2, 0.25) is 10.0 Å². The molecule has 39 heavy (non-hydrogen) atoms. The zero-order chi connectivity index (χ0) is 28.8. The number of carbonyl (C=O) groups excluding carboxylic acids is 2. The van der Waals surface area contributed by atoms with Crippen LogP contribution >= 0.6 is 23.2 Å². The van der Waals surface area contributed by atoms with Gasteiger partial charge in [-0.15, -0.1) is 0 Å². The van der Waals surface area contributed by atoms with E-state index in [2.05, 4.69) is 48.6 Å². The summed E-state index contributed by atoms with van der Waals surface area (Å²) in [4.78, 5) is 32.9. The second-order valence-corrected chi connectivity index (χ2v) is 12.8. The van der Waals surface area contributed by atoms with Gasteiger partial charge < -0.3 is 20.3 Å². The van der Waals surface area contributed by atoms with Crippen molar-refractivity contribution in [1.82, 2.24) is 15.5 Å². The smallest absolute Gasteiger partial charge is 0.408 e. The molecule has 1 aliphatic heterocycles. The molecule has 1 aromatic rings. The summed E-state index contributed by atoms with van der Waals surface area (Å²) >= 11 is 12.5. The highest BCUT2D eigenvalue weighted by Crippen LogP contribution is 2.32. The van der Waals surface area contributed by atoms with Gasteiger partial charge in [0.2, 0.25) is 5.91 Å². The molecule has 1 aliphatic carbocycles. The maximum absolute atomic E-state index is 13.4. The third kappa shape index (κ3) is 8.62. The maximum Gasteiger partial charge on any atom is 0.408 e. The minimum absolute atomic E-state index is 0.00541. The fourth-order valence-electron chi connectivity index (χ4n) is 5.47. The van der Waals surface area contributed by atoms with Crippen molar-refractivity contribution < 1.29 is 14.3 Å². The minimum atomic E-state index is -0.920. The van der Waals surface area contributed by atoms with Crippen LogP contribution in [0, 0.1) is 11.8 Å². The number of nitrogens with zero attached hydrogens (tertiary/aromatic N) is 2. The van der Waals surface area contributed by atoms with Crippen LogP contribution in [0.25, 0.3) is 0 Å². The Morgan fingerprint density at radius 2 is 1.87 bits per heavy atom. The standard InChI is InChI=1S/C30H44Cl2N4O3/c1-20-13-17-36(22(3)25-11-10-23(31)18-26(25)32)19-34-21(2)24(20)12-16-33-27(37)30(14-8-7-9-15-30)35-28(38)39-29(4,5)6/h10-11,13,17-22,24H,7-9,12,14-16H2,1-6H3,(H,33,37)(H,35,38)/b17-13+,34-19?/t20?,21?,22-,24-/m1/s1. The topological polar surface area (TPSA) is 83.0 Å². The van der Waals surface area contributed by atoms with Crippen LogP contribution < -0.4 is 10.6 Å². The quantitative estimate of drug-likeness (QED) is 0.356. The molecule has 7 nitrogen and oxygen atoms in total. The highest BCUT2D eigenvalue weighted by molar-refractivity contribution is 6.35. The van der Waals surface area contributed by atoms with Crippen molar-refractivity contribution in [1.29, 1.82) is 0 Å². The number of allylic oxidation sites excluding steroid dienone is 1. The third-order valence-electron chi connectivity index (χ3n) is 7.80. The molecule has 0 spiro atoms. The lowest BCUT2D eigenvalue weighted by molar-refractivity contribution is -0.129. The molecule has 0 aromatic heterocycles. The second kappa shape index (κ2) is 13.4. The van der Waals surface area contributed by atoms with Crippen LogP contribution in [0.15, 0.2) is 35.5 Å². The summed E-state index contributed by atoms with van der Waals surface area (Å²) in [6, 6.07) is 5.61. The van der Waals surface area contributed by atoms with Crippen LogP contribution in [0.5, 0.6) is 0 Å².